The molecule has 0 unspecified atom stereocenters. The van der Waals surface area contributed by atoms with Crippen molar-refractivity contribution < 1.29 is 4.79 Å². The predicted octanol–water partition coefficient (Wildman–Crippen LogP) is 4.37. The van der Waals surface area contributed by atoms with Crippen LogP contribution in [0.3, 0.4) is 0 Å². The van der Waals surface area contributed by atoms with Crippen LogP contribution in [0.15, 0.2) is 6.20 Å². The number of aromatic nitrogens is 2. The molecular formula is C16H21N3OS2. The number of hydrogen-bond acceptors (Lipinski definition) is 5. The first-order valence-electron chi connectivity index (χ1n) is 7.90. The third kappa shape index (κ3) is 3.55. The lowest BCUT2D eigenvalue weighted by Crippen LogP contribution is -2.25. The second kappa shape index (κ2) is 6.87. The van der Waals surface area contributed by atoms with E-state index in [4.69, 9.17) is 0 Å². The molecule has 0 atom stereocenters. The predicted molar refractivity (Wildman–Crippen MR) is 91.8 cm³/mol. The number of hydrogen-bond donors (Lipinski definition) is 1. The fourth-order valence-electron chi connectivity index (χ4n) is 2.32. The van der Waals surface area contributed by atoms with Gasteiger partial charge in [0.05, 0.1) is 0 Å². The third-order valence-corrected chi connectivity index (χ3v) is 5.96. The average Bonchev–Trinajstić information content (AvgIpc) is 3.10. The van der Waals surface area contributed by atoms with Crippen LogP contribution in [-0.2, 0) is 0 Å². The molecule has 1 aliphatic rings. The van der Waals surface area contributed by atoms with E-state index in [0.29, 0.717) is 11.6 Å². The van der Waals surface area contributed by atoms with E-state index in [1.165, 1.54) is 17.7 Å². The van der Waals surface area contributed by atoms with Crippen molar-refractivity contribution in [2.45, 2.75) is 51.9 Å². The van der Waals surface area contributed by atoms with Crippen LogP contribution in [0.25, 0.3) is 10.0 Å². The maximum absolute atomic E-state index is 12.4. The molecule has 0 radical (unpaired) electrons. The Morgan fingerprint density at radius 2 is 2.14 bits per heavy atom. The normalized spacial score (nSPS) is 14.3. The molecule has 6 heteroatoms. The summed E-state index contributed by atoms with van der Waals surface area (Å²) in [5.74, 6) is 0.512. The van der Waals surface area contributed by atoms with Crippen LogP contribution in [0.4, 0.5) is 0 Å². The van der Waals surface area contributed by atoms with Crippen molar-refractivity contribution in [2.24, 2.45) is 0 Å². The van der Waals surface area contributed by atoms with Gasteiger partial charge in [-0.25, -0.2) is 9.97 Å². The molecule has 3 rings (SSSR count). The van der Waals surface area contributed by atoms with Crippen LogP contribution in [0.1, 0.15) is 65.2 Å². The molecule has 0 aromatic carbocycles. The van der Waals surface area contributed by atoms with Crippen LogP contribution in [-0.4, -0.2) is 22.4 Å². The first-order valence-corrected chi connectivity index (χ1v) is 9.54. The Kier molecular flexibility index (Phi) is 4.88. The van der Waals surface area contributed by atoms with Gasteiger partial charge < -0.3 is 5.32 Å². The van der Waals surface area contributed by atoms with Gasteiger partial charge in [-0.2, -0.15) is 0 Å². The molecule has 2 aromatic rings. The molecule has 1 N–H and O–H groups in total. The summed E-state index contributed by atoms with van der Waals surface area (Å²) in [4.78, 5) is 23.8. The highest BCUT2D eigenvalue weighted by Gasteiger charge is 2.32. The molecule has 118 valence electrons. The molecule has 2 aromatic heterocycles. The highest BCUT2D eigenvalue weighted by atomic mass is 32.1. The first-order chi connectivity index (χ1) is 10.7. The number of nitrogens with one attached hydrogen (secondary N) is 1. The number of nitrogens with zero attached hydrogens (tertiary/aromatic N) is 2. The summed E-state index contributed by atoms with van der Waals surface area (Å²) in [6.45, 7) is 4.94. The van der Waals surface area contributed by atoms with Gasteiger partial charge in [0.2, 0.25) is 0 Å². The number of thiazole rings is 2. The Bertz CT molecular complexity index is 658. The van der Waals surface area contributed by atoms with E-state index in [9.17, 15) is 4.79 Å². The second-order valence-corrected chi connectivity index (χ2v) is 8.01. The molecule has 1 amide bonds. The molecule has 1 aliphatic carbocycles. The fraction of sp³-hybridized carbons (Fsp3) is 0.562. The maximum atomic E-state index is 12.4. The number of carbonyl (C=O) groups is 1. The Morgan fingerprint density at radius 1 is 1.32 bits per heavy atom. The molecule has 0 spiro atoms. The molecule has 22 heavy (non-hydrogen) atoms. The lowest BCUT2D eigenvalue weighted by Gasteiger charge is -2.03. The zero-order valence-corrected chi connectivity index (χ0v) is 14.6. The standard InChI is InChI=1S/C16H21N3OS2/c1-3-4-5-8-17-14(20)12-13(11-6-7-11)22-16(19-12)15-18-9-10(2)21-15/h9,11H,3-8H2,1-2H3,(H,17,20). The van der Waals surface area contributed by atoms with Gasteiger partial charge in [-0.3, -0.25) is 4.79 Å². The first kappa shape index (κ1) is 15.6. The van der Waals surface area contributed by atoms with Gasteiger partial charge in [0.1, 0.15) is 5.69 Å². The van der Waals surface area contributed by atoms with Gasteiger partial charge in [-0.1, -0.05) is 19.8 Å². The summed E-state index contributed by atoms with van der Waals surface area (Å²) in [6, 6.07) is 0. The van der Waals surface area contributed by atoms with Crippen LogP contribution in [0, 0.1) is 6.92 Å². The minimum atomic E-state index is -0.0196. The van der Waals surface area contributed by atoms with E-state index in [0.717, 1.165) is 40.7 Å². The van der Waals surface area contributed by atoms with Crippen molar-refractivity contribution in [3.63, 3.8) is 0 Å². The van der Waals surface area contributed by atoms with Crippen molar-refractivity contribution in [1.29, 1.82) is 0 Å². The zero-order valence-electron chi connectivity index (χ0n) is 13.0. The minimum Gasteiger partial charge on any atom is -0.351 e. The zero-order chi connectivity index (χ0) is 15.5. The average molecular weight is 335 g/mol. The minimum absolute atomic E-state index is 0.0196. The van der Waals surface area contributed by atoms with Gasteiger partial charge in [-0.15, -0.1) is 22.7 Å². The van der Waals surface area contributed by atoms with E-state index in [-0.39, 0.29) is 5.91 Å². The molecule has 0 aliphatic heterocycles. The van der Waals surface area contributed by atoms with Crippen molar-refractivity contribution in [1.82, 2.24) is 15.3 Å². The van der Waals surface area contributed by atoms with Gasteiger partial charge >= 0.3 is 0 Å². The lowest BCUT2D eigenvalue weighted by molar-refractivity contribution is 0.0948. The molecule has 1 saturated carbocycles. The summed E-state index contributed by atoms with van der Waals surface area (Å²) < 4.78 is 0. The lowest BCUT2D eigenvalue weighted by atomic mass is 10.2. The highest BCUT2D eigenvalue weighted by molar-refractivity contribution is 7.21. The van der Waals surface area contributed by atoms with Crippen LogP contribution in [0.5, 0.6) is 0 Å². The van der Waals surface area contributed by atoms with Crippen LogP contribution in [0.2, 0.25) is 0 Å². The van der Waals surface area contributed by atoms with Crippen LogP contribution >= 0.6 is 22.7 Å². The van der Waals surface area contributed by atoms with Gasteiger partial charge in [0.25, 0.3) is 5.91 Å². The SMILES string of the molecule is CCCCCNC(=O)c1nc(-c2ncc(C)s2)sc1C1CC1. The van der Waals surface area contributed by atoms with Crippen molar-refractivity contribution in [3.8, 4) is 10.0 Å². The van der Waals surface area contributed by atoms with Crippen molar-refractivity contribution >= 4 is 28.6 Å². The largest absolute Gasteiger partial charge is 0.351 e. The third-order valence-electron chi connectivity index (χ3n) is 3.69. The van der Waals surface area contributed by atoms with Crippen molar-refractivity contribution in [2.75, 3.05) is 6.54 Å². The summed E-state index contributed by atoms with van der Waals surface area (Å²) in [5, 5.41) is 4.83. The molecule has 0 saturated heterocycles. The summed E-state index contributed by atoms with van der Waals surface area (Å²) in [5.41, 5.74) is 0.631. The van der Waals surface area contributed by atoms with E-state index in [2.05, 4.69) is 22.2 Å². The Hall–Kier alpha value is -1.27. The van der Waals surface area contributed by atoms with E-state index < -0.39 is 0 Å². The molecule has 2 heterocycles. The van der Waals surface area contributed by atoms with E-state index >= 15 is 0 Å². The monoisotopic (exact) mass is 335 g/mol. The number of rotatable bonds is 7. The summed E-state index contributed by atoms with van der Waals surface area (Å²) in [7, 11) is 0. The number of carbonyl (C=O) groups excluding carboxylic acids is 1. The fourth-order valence-corrected chi connectivity index (χ4v) is 4.34. The maximum Gasteiger partial charge on any atom is 0.271 e. The quantitative estimate of drug-likeness (QED) is 0.764. The van der Waals surface area contributed by atoms with Gasteiger partial charge in [0, 0.05) is 22.5 Å². The Balaban J connectivity index is 1.77. The summed E-state index contributed by atoms with van der Waals surface area (Å²) in [6.07, 6.45) is 7.56. The van der Waals surface area contributed by atoms with Crippen LogP contribution < -0.4 is 5.32 Å². The van der Waals surface area contributed by atoms with Gasteiger partial charge in [-0.05, 0) is 32.1 Å². The molecule has 1 fully saturated rings. The number of aryl methyl sites for hydroxylation is 1. The smallest absolute Gasteiger partial charge is 0.271 e. The van der Waals surface area contributed by atoms with Gasteiger partial charge in [0.15, 0.2) is 10.0 Å². The molecular weight excluding hydrogens is 314 g/mol. The summed E-state index contributed by atoms with van der Waals surface area (Å²) >= 11 is 3.28. The van der Waals surface area contributed by atoms with E-state index in [1.54, 1.807) is 22.7 Å². The number of unbranched alkanes of at least 4 members (excludes halogenated alkanes) is 2. The highest BCUT2D eigenvalue weighted by Crippen LogP contribution is 2.46. The molecule has 0 bridgehead atoms. The Labute approximate surface area is 139 Å². The Morgan fingerprint density at radius 3 is 2.77 bits per heavy atom. The van der Waals surface area contributed by atoms with Crippen molar-refractivity contribution in [3.05, 3.63) is 21.6 Å². The number of amides is 1. The molecule has 4 nitrogen and oxygen atoms in total. The van der Waals surface area contributed by atoms with E-state index in [1.807, 2.05) is 13.1 Å². The second-order valence-electron chi connectivity index (χ2n) is 5.75. The topological polar surface area (TPSA) is 54.9 Å².